The highest BCUT2D eigenvalue weighted by Crippen LogP contribution is 2.25. The van der Waals surface area contributed by atoms with Crippen molar-refractivity contribution in [3.05, 3.63) is 16.1 Å². The summed E-state index contributed by atoms with van der Waals surface area (Å²) >= 11 is 1.75. The predicted octanol–water partition coefficient (Wildman–Crippen LogP) is 3.49. The lowest BCUT2D eigenvalue weighted by Crippen LogP contribution is -2.48. The summed E-state index contributed by atoms with van der Waals surface area (Å²) in [6, 6.07) is 0. The fourth-order valence-electron chi connectivity index (χ4n) is 3.07. The molecule has 1 fully saturated rings. The number of nitrogens with one attached hydrogen (secondary N) is 1. The standard InChI is InChI=1S/C17H30N4S/c1-12-7-13(2)10-21(9-12)16(18-6)19-8-14-11-22-15(20-14)17(3,4)5/h11-13H,7-10H2,1-6H3,(H,18,19). The summed E-state index contributed by atoms with van der Waals surface area (Å²) in [6.07, 6.45) is 1.31. The highest BCUT2D eigenvalue weighted by atomic mass is 32.1. The highest BCUT2D eigenvalue weighted by molar-refractivity contribution is 7.09. The molecule has 0 saturated carbocycles. The van der Waals surface area contributed by atoms with Crippen LogP contribution in [0.3, 0.4) is 0 Å². The molecule has 1 aliphatic rings. The third kappa shape index (κ3) is 4.45. The van der Waals surface area contributed by atoms with Gasteiger partial charge in [0.25, 0.3) is 0 Å². The maximum absolute atomic E-state index is 4.75. The van der Waals surface area contributed by atoms with Crippen molar-refractivity contribution in [2.45, 2.75) is 53.0 Å². The maximum atomic E-state index is 4.75. The molecule has 0 aromatic carbocycles. The van der Waals surface area contributed by atoms with E-state index in [0.29, 0.717) is 0 Å². The molecule has 1 aromatic heterocycles. The molecule has 1 saturated heterocycles. The third-order valence-electron chi connectivity index (χ3n) is 4.00. The summed E-state index contributed by atoms with van der Waals surface area (Å²) in [5, 5.41) is 6.83. The number of hydrogen-bond donors (Lipinski definition) is 1. The van der Waals surface area contributed by atoms with Crippen LogP contribution >= 0.6 is 11.3 Å². The number of aromatic nitrogens is 1. The maximum Gasteiger partial charge on any atom is 0.193 e. The zero-order valence-electron chi connectivity index (χ0n) is 14.8. The molecule has 0 amide bonds. The molecule has 2 atom stereocenters. The van der Waals surface area contributed by atoms with E-state index in [1.54, 1.807) is 11.3 Å². The third-order valence-corrected chi connectivity index (χ3v) is 5.32. The van der Waals surface area contributed by atoms with Gasteiger partial charge in [0.05, 0.1) is 17.2 Å². The molecule has 0 spiro atoms. The molecular weight excluding hydrogens is 292 g/mol. The molecule has 0 aliphatic carbocycles. The van der Waals surface area contributed by atoms with Crippen molar-refractivity contribution in [1.82, 2.24) is 15.2 Å². The van der Waals surface area contributed by atoms with Gasteiger partial charge in [-0.05, 0) is 18.3 Å². The van der Waals surface area contributed by atoms with Crippen LogP contribution in [0, 0.1) is 11.8 Å². The first-order valence-electron chi connectivity index (χ1n) is 8.20. The van der Waals surface area contributed by atoms with Gasteiger partial charge < -0.3 is 10.2 Å². The van der Waals surface area contributed by atoms with Gasteiger partial charge in [-0.2, -0.15) is 0 Å². The number of rotatable bonds is 2. The second kappa shape index (κ2) is 6.99. The smallest absolute Gasteiger partial charge is 0.193 e. The number of thiazole rings is 1. The van der Waals surface area contributed by atoms with Gasteiger partial charge in [-0.1, -0.05) is 34.6 Å². The largest absolute Gasteiger partial charge is 0.351 e. The minimum Gasteiger partial charge on any atom is -0.351 e. The number of nitrogens with zero attached hydrogens (tertiary/aromatic N) is 3. The lowest BCUT2D eigenvalue weighted by atomic mass is 9.92. The van der Waals surface area contributed by atoms with Crippen LogP contribution in [0.5, 0.6) is 0 Å². The van der Waals surface area contributed by atoms with Crippen LogP contribution in [0.15, 0.2) is 10.4 Å². The van der Waals surface area contributed by atoms with Gasteiger partial charge in [-0.15, -0.1) is 11.3 Å². The average Bonchev–Trinajstić information content (AvgIpc) is 2.87. The molecule has 5 heteroatoms. The number of aliphatic imine (C=N–C) groups is 1. The van der Waals surface area contributed by atoms with Gasteiger partial charge in [-0.3, -0.25) is 4.99 Å². The normalized spacial score (nSPS) is 23.7. The molecule has 2 heterocycles. The van der Waals surface area contributed by atoms with Gasteiger partial charge in [0.15, 0.2) is 5.96 Å². The number of hydrogen-bond acceptors (Lipinski definition) is 3. The number of guanidine groups is 1. The molecule has 22 heavy (non-hydrogen) atoms. The summed E-state index contributed by atoms with van der Waals surface area (Å²) in [6.45, 7) is 14.2. The van der Waals surface area contributed by atoms with Crippen LogP contribution in [0.4, 0.5) is 0 Å². The zero-order valence-corrected chi connectivity index (χ0v) is 15.6. The zero-order chi connectivity index (χ0) is 16.3. The van der Waals surface area contributed by atoms with Crippen LogP contribution in [0.25, 0.3) is 0 Å². The van der Waals surface area contributed by atoms with E-state index in [2.05, 4.69) is 55.2 Å². The van der Waals surface area contributed by atoms with Crippen molar-refractivity contribution in [1.29, 1.82) is 0 Å². The van der Waals surface area contributed by atoms with Crippen LogP contribution in [0.2, 0.25) is 0 Å². The number of piperidine rings is 1. The summed E-state index contributed by atoms with van der Waals surface area (Å²) in [7, 11) is 1.87. The molecule has 1 N–H and O–H groups in total. The Kier molecular flexibility index (Phi) is 5.48. The van der Waals surface area contributed by atoms with E-state index in [1.165, 1.54) is 11.4 Å². The van der Waals surface area contributed by atoms with E-state index in [1.807, 2.05) is 7.05 Å². The Balaban J connectivity index is 1.95. The van der Waals surface area contributed by atoms with E-state index < -0.39 is 0 Å². The summed E-state index contributed by atoms with van der Waals surface area (Å²) in [5.41, 5.74) is 1.23. The van der Waals surface area contributed by atoms with Crippen molar-refractivity contribution in [3.8, 4) is 0 Å². The first-order valence-corrected chi connectivity index (χ1v) is 9.08. The van der Waals surface area contributed by atoms with Gasteiger partial charge in [-0.25, -0.2) is 4.98 Å². The van der Waals surface area contributed by atoms with Crippen molar-refractivity contribution >= 4 is 17.3 Å². The Morgan fingerprint density at radius 1 is 1.36 bits per heavy atom. The van der Waals surface area contributed by atoms with Crippen LogP contribution in [-0.2, 0) is 12.0 Å². The molecule has 4 nitrogen and oxygen atoms in total. The topological polar surface area (TPSA) is 40.5 Å². The Bertz CT molecular complexity index is 505. The number of likely N-dealkylation sites (tertiary alicyclic amines) is 1. The molecule has 2 rings (SSSR count). The van der Waals surface area contributed by atoms with Crippen molar-refractivity contribution in [3.63, 3.8) is 0 Å². The second-order valence-electron chi connectivity index (χ2n) is 7.65. The Morgan fingerprint density at radius 3 is 2.50 bits per heavy atom. The Morgan fingerprint density at radius 2 is 2.00 bits per heavy atom. The quantitative estimate of drug-likeness (QED) is 0.669. The fourth-order valence-corrected chi connectivity index (χ4v) is 3.98. The first-order chi connectivity index (χ1) is 10.3. The SMILES string of the molecule is CN=C(NCc1csc(C(C)(C)C)n1)N1CC(C)CC(C)C1. The van der Waals surface area contributed by atoms with Gasteiger partial charge in [0.2, 0.25) is 0 Å². The monoisotopic (exact) mass is 322 g/mol. The molecule has 1 aromatic rings. The van der Waals surface area contributed by atoms with Crippen LogP contribution in [-0.4, -0.2) is 36.0 Å². The van der Waals surface area contributed by atoms with E-state index in [-0.39, 0.29) is 5.41 Å². The molecular formula is C17H30N4S. The van der Waals surface area contributed by atoms with Crippen molar-refractivity contribution in [2.24, 2.45) is 16.8 Å². The van der Waals surface area contributed by atoms with Crippen LogP contribution in [0.1, 0.15) is 51.7 Å². The van der Waals surface area contributed by atoms with Crippen molar-refractivity contribution < 1.29 is 0 Å². The molecule has 1 aliphatic heterocycles. The lowest BCUT2D eigenvalue weighted by molar-refractivity contribution is 0.208. The first kappa shape index (κ1) is 17.3. The lowest BCUT2D eigenvalue weighted by Gasteiger charge is -2.37. The summed E-state index contributed by atoms with van der Waals surface area (Å²) in [4.78, 5) is 11.6. The van der Waals surface area contributed by atoms with Gasteiger partial charge in [0, 0.05) is 30.9 Å². The fraction of sp³-hybridized carbons (Fsp3) is 0.765. The highest BCUT2D eigenvalue weighted by Gasteiger charge is 2.24. The molecule has 0 radical (unpaired) electrons. The summed E-state index contributed by atoms with van der Waals surface area (Å²) < 4.78 is 0. The van der Waals surface area contributed by atoms with Gasteiger partial charge >= 0.3 is 0 Å². The molecule has 2 unspecified atom stereocenters. The van der Waals surface area contributed by atoms with Crippen molar-refractivity contribution in [2.75, 3.05) is 20.1 Å². The van der Waals surface area contributed by atoms with E-state index in [0.717, 1.165) is 43.1 Å². The van der Waals surface area contributed by atoms with E-state index >= 15 is 0 Å². The Labute approximate surface area is 139 Å². The summed E-state index contributed by atoms with van der Waals surface area (Å²) in [5.74, 6) is 2.46. The second-order valence-corrected chi connectivity index (χ2v) is 8.50. The van der Waals surface area contributed by atoms with Crippen LogP contribution < -0.4 is 5.32 Å². The minimum atomic E-state index is 0.127. The molecule has 0 bridgehead atoms. The van der Waals surface area contributed by atoms with Gasteiger partial charge in [0.1, 0.15) is 0 Å². The van der Waals surface area contributed by atoms with E-state index in [4.69, 9.17) is 4.98 Å². The predicted molar refractivity (Wildman–Crippen MR) is 95.5 cm³/mol. The molecule has 124 valence electrons. The average molecular weight is 323 g/mol. The Hall–Kier alpha value is -1.10. The minimum absolute atomic E-state index is 0.127. The van der Waals surface area contributed by atoms with E-state index in [9.17, 15) is 0 Å².